The molecule has 38 heavy (non-hydrogen) atoms. The Morgan fingerprint density at radius 1 is 0.974 bits per heavy atom. The van der Waals surface area contributed by atoms with E-state index in [1.807, 2.05) is 13.0 Å². The van der Waals surface area contributed by atoms with Crippen LogP contribution < -0.4 is 0 Å². The molecule has 2 saturated carbocycles. The lowest BCUT2D eigenvalue weighted by Crippen LogP contribution is -2.55. The van der Waals surface area contributed by atoms with Gasteiger partial charge in [-0.15, -0.1) is 0 Å². The van der Waals surface area contributed by atoms with Gasteiger partial charge in [-0.1, -0.05) is 72.6 Å². The normalized spacial score (nSPS) is 41.2. The van der Waals surface area contributed by atoms with E-state index < -0.39 is 12.2 Å². The van der Waals surface area contributed by atoms with E-state index in [-0.39, 0.29) is 45.6 Å². The molecule has 0 saturated heterocycles. The Kier molecular flexibility index (Phi) is 7.89. The number of rotatable bonds is 6. The number of ether oxygens (including phenoxy) is 1. The molecule has 4 nitrogen and oxygen atoms in total. The minimum Gasteiger partial charge on any atom is -0.459 e. The van der Waals surface area contributed by atoms with E-state index in [9.17, 15) is 15.0 Å². The van der Waals surface area contributed by atoms with Crippen molar-refractivity contribution in [1.82, 2.24) is 0 Å². The number of carbonyl (C=O) groups is 1. The highest BCUT2D eigenvalue weighted by atomic mass is 16.6. The van der Waals surface area contributed by atoms with Crippen molar-refractivity contribution in [3.8, 4) is 0 Å². The Bertz CT molecular complexity index is 990. The smallest absolute Gasteiger partial charge is 0.303 e. The molecular formula is C34H56O4. The molecule has 2 fully saturated rings. The number of aliphatic hydroxyl groups excluding tert-OH is 2. The molecule has 0 aromatic carbocycles. The lowest BCUT2D eigenvalue weighted by molar-refractivity contribution is -0.159. The molecule has 4 aliphatic carbocycles. The number of carbonyl (C=O) groups excluding carboxylic acids is 1. The minimum absolute atomic E-state index is 0.0474. The van der Waals surface area contributed by atoms with Crippen LogP contribution >= 0.6 is 0 Å². The Labute approximate surface area is 232 Å². The molecule has 0 aromatic heterocycles. The molecule has 2 N–H and O–H groups in total. The fraction of sp³-hybridized carbons (Fsp3) is 0.853. The van der Waals surface area contributed by atoms with Crippen LogP contribution in [0, 0.1) is 45.3 Å². The molecule has 4 aliphatic rings. The van der Waals surface area contributed by atoms with Crippen molar-refractivity contribution < 1.29 is 19.7 Å². The summed E-state index contributed by atoms with van der Waals surface area (Å²) in [5.74, 6) is 0.850. The first-order chi connectivity index (χ1) is 17.6. The summed E-state index contributed by atoms with van der Waals surface area (Å²) < 4.78 is 5.94. The molecule has 216 valence electrons. The van der Waals surface area contributed by atoms with Gasteiger partial charge in [0, 0.05) is 6.92 Å². The zero-order valence-corrected chi connectivity index (χ0v) is 26.0. The predicted molar refractivity (Wildman–Crippen MR) is 154 cm³/mol. The number of aliphatic hydroxyl groups is 2. The summed E-state index contributed by atoms with van der Waals surface area (Å²) >= 11 is 0. The lowest BCUT2D eigenvalue weighted by atomic mass is 9.43. The predicted octanol–water partition coefficient (Wildman–Crippen LogP) is 7.63. The van der Waals surface area contributed by atoms with Gasteiger partial charge in [0.25, 0.3) is 0 Å². The third-order valence-electron chi connectivity index (χ3n) is 12.9. The highest BCUT2D eigenvalue weighted by Gasteiger charge is 2.64. The highest BCUT2D eigenvalue weighted by molar-refractivity contribution is 5.66. The molecule has 0 heterocycles. The molecule has 4 rings (SSSR count). The van der Waals surface area contributed by atoms with E-state index in [4.69, 9.17) is 4.74 Å². The van der Waals surface area contributed by atoms with Gasteiger partial charge in [-0.2, -0.15) is 0 Å². The Morgan fingerprint density at radius 2 is 1.63 bits per heavy atom. The van der Waals surface area contributed by atoms with E-state index in [2.05, 4.69) is 55.4 Å². The first kappa shape index (κ1) is 29.8. The third kappa shape index (κ3) is 4.26. The topological polar surface area (TPSA) is 66.8 Å². The second-order valence-corrected chi connectivity index (χ2v) is 15.1. The van der Waals surface area contributed by atoms with Gasteiger partial charge in [-0.05, 0) is 109 Å². The lowest BCUT2D eigenvalue weighted by Gasteiger charge is -2.62. The van der Waals surface area contributed by atoms with E-state index >= 15 is 0 Å². The average Bonchev–Trinajstić information content (AvgIpc) is 3.11. The summed E-state index contributed by atoms with van der Waals surface area (Å²) in [6, 6.07) is 0. The van der Waals surface area contributed by atoms with Gasteiger partial charge >= 0.3 is 5.97 Å². The van der Waals surface area contributed by atoms with E-state index in [0.717, 1.165) is 50.5 Å². The highest BCUT2D eigenvalue weighted by Crippen LogP contribution is 2.72. The zero-order chi connectivity index (χ0) is 28.4. The number of esters is 1. The molecule has 0 amide bonds. The summed E-state index contributed by atoms with van der Waals surface area (Å²) in [5.41, 5.74) is 4.75. The van der Waals surface area contributed by atoms with E-state index in [1.165, 1.54) is 13.3 Å². The van der Waals surface area contributed by atoms with Crippen LogP contribution in [0.2, 0.25) is 0 Å². The number of hydrogen-bond donors (Lipinski definition) is 2. The van der Waals surface area contributed by atoms with Gasteiger partial charge in [-0.25, -0.2) is 0 Å². The summed E-state index contributed by atoms with van der Waals surface area (Å²) in [5, 5.41) is 22.4. The molecule has 0 radical (unpaired) electrons. The fourth-order valence-electron chi connectivity index (χ4n) is 10.5. The quantitative estimate of drug-likeness (QED) is 0.275. The SMILES string of the molecule is C/C=C(\C(C)C)[C@@H](O)[C@@H](OC(C)=O)[C@@H](C)[C@H]1CC[C@@]2(C)C3=C(CC[C@]12C)[C@@]1(C)CC[C@H](O)C(C)(C)[C@@H]1CC3. The zero-order valence-electron chi connectivity index (χ0n) is 26.0. The van der Waals surface area contributed by atoms with Gasteiger partial charge in [0.2, 0.25) is 0 Å². The van der Waals surface area contributed by atoms with Crippen molar-refractivity contribution in [3.63, 3.8) is 0 Å². The molecular weight excluding hydrogens is 472 g/mol. The van der Waals surface area contributed by atoms with Gasteiger partial charge in [0.15, 0.2) is 0 Å². The summed E-state index contributed by atoms with van der Waals surface area (Å²) in [7, 11) is 0. The van der Waals surface area contributed by atoms with Gasteiger partial charge < -0.3 is 14.9 Å². The van der Waals surface area contributed by atoms with Gasteiger partial charge in [-0.3, -0.25) is 4.79 Å². The van der Waals surface area contributed by atoms with Crippen LogP contribution in [-0.2, 0) is 9.53 Å². The standard InChI is InChI=1S/C34H56O4/c1-11-23(20(2)3)29(37)30(38-22(5)35)21(4)24-14-18-34(10)26-12-13-27-31(6,7)28(36)16-17-32(27,8)25(26)15-19-33(24,34)9/h11,20-21,24,27-30,36-37H,12-19H2,1-10H3/b23-11+/t21-,24+,27-,28-,29+,30-,32+,33+,34-/m0/s1. The average molecular weight is 529 g/mol. The van der Waals surface area contributed by atoms with Crippen LogP contribution in [-0.4, -0.2) is 34.5 Å². The van der Waals surface area contributed by atoms with Crippen LogP contribution in [0.4, 0.5) is 0 Å². The number of hydrogen-bond acceptors (Lipinski definition) is 4. The van der Waals surface area contributed by atoms with Crippen molar-refractivity contribution in [3.05, 3.63) is 22.8 Å². The Morgan fingerprint density at radius 3 is 2.21 bits per heavy atom. The monoisotopic (exact) mass is 528 g/mol. The van der Waals surface area contributed by atoms with Crippen LogP contribution in [0.3, 0.4) is 0 Å². The third-order valence-corrected chi connectivity index (χ3v) is 12.9. The van der Waals surface area contributed by atoms with E-state index in [1.54, 1.807) is 11.1 Å². The molecule has 0 unspecified atom stereocenters. The first-order valence-electron chi connectivity index (χ1n) is 15.5. The Balaban J connectivity index is 1.70. The maximum Gasteiger partial charge on any atom is 0.303 e. The van der Waals surface area contributed by atoms with Crippen molar-refractivity contribution in [2.24, 2.45) is 45.3 Å². The van der Waals surface area contributed by atoms with E-state index in [0.29, 0.717) is 11.8 Å². The van der Waals surface area contributed by atoms with Crippen LogP contribution in [0.15, 0.2) is 22.8 Å². The summed E-state index contributed by atoms with van der Waals surface area (Å²) in [4.78, 5) is 12.2. The second-order valence-electron chi connectivity index (χ2n) is 15.1. The number of allylic oxidation sites excluding steroid dienone is 3. The molecule has 0 spiro atoms. The van der Waals surface area contributed by atoms with Crippen molar-refractivity contribution in [1.29, 1.82) is 0 Å². The van der Waals surface area contributed by atoms with Crippen molar-refractivity contribution >= 4 is 5.97 Å². The van der Waals surface area contributed by atoms with Gasteiger partial charge in [0.1, 0.15) is 12.2 Å². The van der Waals surface area contributed by atoms with Crippen LogP contribution in [0.1, 0.15) is 121 Å². The van der Waals surface area contributed by atoms with Crippen LogP contribution in [0.5, 0.6) is 0 Å². The fourth-order valence-corrected chi connectivity index (χ4v) is 10.5. The maximum absolute atomic E-state index is 12.2. The second kappa shape index (κ2) is 10.1. The van der Waals surface area contributed by atoms with Crippen molar-refractivity contribution in [2.45, 2.75) is 139 Å². The Hall–Kier alpha value is -1.13. The van der Waals surface area contributed by atoms with Crippen molar-refractivity contribution in [2.75, 3.05) is 0 Å². The molecule has 0 bridgehead atoms. The molecule has 0 aromatic rings. The summed E-state index contributed by atoms with van der Waals surface area (Å²) in [6.07, 6.45) is 9.32. The maximum atomic E-state index is 12.2. The molecule has 9 atom stereocenters. The minimum atomic E-state index is -0.780. The molecule has 0 aliphatic heterocycles. The van der Waals surface area contributed by atoms with Crippen LogP contribution in [0.25, 0.3) is 0 Å². The molecule has 4 heteroatoms. The summed E-state index contributed by atoms with van der Waals surface area (Å²) in [6.45, 7) is 22.0. The number of fused-ring (bicyclic) bond motifs is 4. The largest absolute Gasteiger partial charge is 0.459 e. The van der Waals surface area contributed by atoms with Gasteiger partial charge in [0.05, 0.1) is 6.10 Å². The first-order valence-corrected chi connectivity index (χ1v) is 15.5.